The number of amidine groups is 3. The zero-order chi connectivity index (χ0) is 31.2. The third-order valence-electron chi connectivity index (χ3n) is 8.65. The van der Waals surface area contributed by atoms with Gasteiger partial charge in [0.25, 0.3) is 0 Å². The molecule has 44 heavy (non-hydrogen) atoms. The molecule has 6 rings (SSSR count). The van der Waals surface area contributed by atoms with Crippen molar-refractivity contribution in [2.75, 3.05) is 45.8 Å². The first kappa shape index (κ1) is 30.1. The maximum atomic E-state index is 14.9. The third-order valence-corrected chi connectivity index (χ3v) is 9.33. The van der Waals surface area contributed by atoms with E-state index >= 15 is 0 Å². The number of ether oxygens (including phenoxy) is 1. The lowest BCUT2D eigenvalue weighted by molar-refractivity contribution is 0.203. The first-order valence-electron chi connectivity index (χ1n) is 14.4. The highest BCUT2D eigenvalue weighted by atomic mass is 35.5. The van der Waals surface area contributed by atoms with Gasteiger partial charge in [-0.3, -0.25) is 10.00 Å². The summed E-state index contributed by atoms with van der Waals surface area (Å²) in [5.74, 6) is 3.34. The number of fused-ring (bicyclic) bond motifs is 2. The van der Waals surface area contributed by atoms with E-state index in [4.69, 9.17) is 49.3 Å². The number of halogens is 3. The van der Waals surface area contributed by atoms with Crippen molar-refractivity contribution in [3.05, 3.63) is 70.3 Å². The number of rotatable bonds is 5. The van der Waals surface area contributed by atoms with Crippen LogP contribution in [0.4, 0.5) is 4.39 Å². The van der Waals surface area contributed by atoms with Gasteiger partial charge in [0.05, 0.1) is 34.4 Å². The van der Waals surface area contributed by atoms with Gasteiger partial charge >= 0.3 is 6.02 Å². The molecule has 1 aromatic carbocycles. The van der Waals surface area contributed by atoms with E-state index in [0.717, 1.165) is 30.2 Å². The predicted octanol–water partition coefficient (Wildman–Crippen LogP) is 5.44. The molecular weight excluding hydrogens is 602 g/mol. The summed E-state index contributed by atoms with van der Waals surface area (Å²) >= 11 is 13.5. The number of likely N-dealkylation sites (tertiary alicyclic amines) is 1. The Morgan fingerprint density at radius 3 is 2.75 bits per heavy atom. The van der Waals surface area contributed by atoms with E-state index in [1.807, 2.05) is 19.9 Å². The predicted molar refractivity (Wildman–Crippen MR) is 175 cm³/mol. The van der Waals surface area contributed by atoms with Gasteiger partial charge in [0.2, 0.25) is 0 Å². The van der Waals surface area contributed by atoms with Gasteiger partial charge in [-0.15, -0.1) is 6.42 Å². The summed E-state index contributed by atoms with van der Waals surface area (Å²) in [6.45, 7) is 16.7. The molecule has 2 atom stereocenters. The fourth-order valence-electron chi connectivity index (χ4n) is 6.23. The van der Waals surface area contributed by atoms with Crippen molar-refractivity contribution in [3.8, 4) is 12.3 Å². The van der Waals surface area contributed by atoms with Gasteiger partial charge in [-0.25, -0.2) is 9.38 Å². The van der Waals surface area contributed by atoms with E-state index in [-0.39, 0.29) is 17.1 Å². The Morgan fingerprint density at radius 2 is 2.05 bits per heavy atom. The minimum atomic E-state index is -0.769. The standard InChI is InChI=1S/C32H33Cl2FN8O/c1-6-9-41-17-20(8-3)25(18-41)44-31-38-29-32(5,30(39-31)43-12-10-42(11-13-43)19(4)7-2)15-22(33)28(37-29)26-21-16-36-40-24(21)14-23(35)27(26)34/h1,7-8,14,16,25H,2,4,9-13,15,17-18H2,3,5H3,(H,36,40)/b20-8+. The zero-order valence-corrected chi connectivity index (χ0v) is 26.2. The number of benzene rings is 1. The first-order chi connectivity index (χ1) is 21.2. The van der Waals surface area contributed by atoms with Crippen LogP contribution in [-0.2, 0) is 4.74 Å². The Balaban J connectivity index is 1.42. The lowest BCUT2D eigenvalue weighted by Crippen LogP contribution is -2.56. The Morgan fingerprint density at radius 1 is 1.27 bits per heavy atom. The molecule has 12 heteroatoms. The molecule has 0 saturated carbocycles. The number of piperazine rings is 1. The summed E-state index contributed by atoms with van der Waals surface area (Å²) in [4.78, 5) is 21.4. The molecule has 1 N–H and O–H groups in total. The maximum Gasteiger partial charge on any atom is 0.320 e. The highest BCUT2D eigenvalue weighted by molar-refractivity contribution is 6.38. The highest BCUT2D eigenvalue weighted by Gasteiger charge is 2.47. The van der Waals surface area contributed by atoms with Crippen LogP contribution in [0.1, 0.15) is 25.8 Å². The van der Waals surface area contributed by atoms with Crippen molar-refractivity contribution >= 4 is 57.5 Å². The van der Waals surface area contributed by atoms with Crippen molar-refractivity contribution < 1.29 is 9.13 Å². The number of aromatic nitrogens is 2. The van der Waals surface area contributed by atoms with Crippen LogP contribution < -0.4 is 0 Å². The lowest BCUT2D eigenvalue weighted by Gasteiger charge is -2.45. The highest BCUT2D eigenvalue weighted by Crippen LogP contribution is 2.46. The summed E-state index contributed by atoms with van der Waals surface area (Å²) in [5, 5.41) is 7.84. The second-order valence-corrected chi connectivity index (χ2v) is 12.3. The fraction of sp³-hybridized carbons (Fsp3) is 0.375. The van der Waals surface area contributed by atoms with Crippen molar-refractivity contribution in [2.45, 2.75) is 26.4 Å². The van der Waals surface area contributed by atoms with Crippen LogP contribution >= 0.6 is 23.2 Å². The number of nitrogens with one attached hydrogen (secondary N) is 1. The lowest BCUT2D eigenvalue weighted by atomic mass is 9.79. The second-order valence-electron chi connectivity index (χ2n) is 11.4. The van der Waals surface area contributed by atoms with E-state index in [2.05, 4.69) is 44.0 Å². The van der Waals surface area contributed by atoms with Gasteiger partial charge in [-0.2, -0.15) is 15.1 Å². The second kappa shape index (κ2) is 11.9. The monoisotopic (exact) mass is 634 g/mol. The number of allylic oxidation sites excluding steroid dienone is 3. The van der Waals surface area contributed by atoms with Crippen molar-refractivity contribution in [2.24, 2.45) is 20.4 Å². The minimum absolute atomic E-state index is 0.0824. The number of terminal acetylenes is 1. The van der Waals surface area contributed by atoms with Crippen LogP contribution in [-0.4, -0.2) is 94.5 Å². The van der Waals surface area contributed by atoms with Crippen LogP contribution in [0.3, 0.4) is 0 Å². The van der Waals surface area contributed by atoms with E-state index in [0.29, 0.717) is 72.2 Å². The Kier molecular flexibility index (Phi) is 8.14. The topological polar surface area (TPSA) is 84.7 Å². The molecule has 228 valence electrons. The molecule has 2 saturated heterocycles. The van der Waals surface area contributed by atoms with E-state index < -0.39 is 11.2 Å². The number of aromatic amines is 1. The molecule has 9 nitrogen and oxygen atoms in total. The van der Waals surface area contributed by atoms with Crippen molar-refractivity contribution in [1.82, 2.24) is 24.9 Å². The van der Waals surface area contributed by atoms with E-state index in [9.17, 15) is 4.39 Å². The molecule has 5 heterocycles. The van der Waals surface area contributed by atoms with Gasteiger partial charge in [0, 0.05) is 73.4 Å². The normalized spacial score (nSPS) is 25.0. The number of nitrogens with zero attached hydrogens (tertiary/aromatic N) is 7. The first-order valence-corrected chi connectivity index (χ1v) is 15.2. The molecule has 2 unspecified atom stereocenters. The largest absolute Gasteiger partial charge is 0.454 e. The van der Waals surface area contributed by atoms with Gasteiger partial charge in [-0.1, -0.05) is 48.4 Å². The fourth-order valence-corrected chi connectivity index (χ4v) is 6.88. The Hall–Kier alpha value is -3.91. The number of H-pyrrole nitrogens is 1. The molecule has 0 amide bonds. The minimum Gasteiger partial charge on any atom is -0.454 e. The van der Waals surface area contributed by atoms with Crippen LogP contribution in [0.5, 0.6) is 0 Å². The average Bonchev–Trinajstić information content (AvgIpc) is 3.63. The van der Waals surface area contributed by atoms with Crippen LogP contribution in [0.25, 0.3) is 16.6 Å². The SMILES string of the molecule is C#CCN1C/C(=C\C)C(OC2=NC3=NC(c4c(Cl)c(F)cc5[nH]ncc45)=C(Cl)CC3(C)C(N3CCN(C(=C)C=C)CC3)=N2)C1. The molecule has 2 aromatic rings. The summed E-state index contributed by atoms with van der Waals surface area (Å²) < 4.78 is 21.4. The van der Waals surface area contributed by atoms with Gasteiger partial charge < -0.3 is 14.5 Å². The van der Waals surface area contributed by atoms with Crippen LogP contribution in [0.2, 0.25) is 5.02 Å². The average molecular weight is 636 g/mol. The maximum absolute atomic E-state index is 14.9. The molecule has 4 aliphatic heterocycles. The molecule has 0 spiro atoms. The van der Waals surface area contributed by atoms with Gasteiger partial charge in [-0.05, 0) is 25.5 Å². The molecule has 1 aromatic heterocycles. The summed E-state index contributed by atoms with van der Waals surface area (Å²) in [5.41, 5.74) is 2.42. The zero-order valence-electron chi connectivity index (χ0n) is 24.7. The van der Waals surface area contributed by atoms with E-state index in [1.54, 1.807) is 12.3 Å². The molecular formula is C32H33Cl2FN8O. The van der Waals surface area contributed by atoms with Crippen molar-refractivity contribution in [1.29, 1.82) is 0 Å². The number of hydrogen-bond donors (Lipinski definition) is 1. The third kappa shape index (κ3) is 5.23. The van der Waals surface area contributed by atoms with Crippen LogP contribution in [0, 0.1) is 23.6 Å². The summed E-state index contributed by atoms with van der Waals surface area (Å²) in [6, 6.07) is 1.51. The van der Waals surface area contributed by atoms with Gasteiger partial charge in [0.15, 0.2) is 0 Å². The van der Waals surface area contributed by atoms with E-state index in [1.165, 1.54) is 6.07 Å². The Labute approximate surface area is 266 Å². The molecule has 0 aliphatic carbocycles. The quantitative estimate of drug-likeness (QED) is 0.269. The number of hydrogen-bond acceptors (Lipinski definition) is 8. The number of aliphatic imine (C=N–C) groups is 3. The van der Waals surface area contributed by atoms with Crippen molar-refractivity contribution in [3.63, 3.8) is 0 Å². The smallest absolute Gasteiger partial charge is 0.320 e. The summed E-state index contributed by atoms with van der Waals surface area (Å²) in [6.07, 6.45) is 11.1. The molecule has 4 aliphatic rings. The summed E-state index contributed by atoms with van der Waals surface area (Å²) in [7, 11) is 0. The Bertz CT molecular complexity index is 1740. The van der Waals surface area contributed by atoms with Crippen LogP contribution in [0.15, 0.2) is 68.9 Å². The van der Waals surface area contributed by atoms with Gasteiger partial charge in [0.1, 0.15) is 23.6 Å². The molecule has 0 bridgehead atoms. The molecule has 2 fully saturated rings. The molecule has 0 radical (unpaired) electrons.